The lowest BCUT2D eigenvalue weighted by atomic mass is 10.1. The van der Waals surface area contributed by atoms with Gasteiger partial charge in [-0.2, -0.15) is 0 Å². The molecule has 0 radical (unpaired) electrons. The van der Waals surface area contributed by atoms with Crippen LogP contribution in [0.15, 0.2) is 36.8 Å². The summed E-state index contributed by atoms with van der Waals surface area (Å²) in [6.45, 7) is 0.755. The van der Waals surface area contributed by atoms with Crippen LogP contribution in [0.4, 0.5) is 10.5 Å². The Balaban J connectivity index is 1.65. The average Bonchev–Trinajstić information content (AvgIpc) is 3.16. The van der Waals surface area contributed by atoms with Gasteiger partial charge in [0.1, 0.15) is 6.33 Å². The first-order valence-corrected chi connectivity index (χ1v) is 7.40. The lowest BCUT2D eigenvalue weighted by Crippen LogP contribution is -2.31. The minimum atomic E-state index is -0.121. The summed E-state index contributed by atoms with van der Waals surface area (Å²) in [5, 5.41) is 2.98. The number of rotatable bonds is 3. The van der Waals surface area contributed by atoms with Gasteiger partial charge >= 0.3 is 6.03 Å². The van der Waals surface area contributed by atoms with Crippen molar-refractivity contribution < 1.29 is 4.79 Å². The SMILES string of the molecule is Nc1cccc(-c2cn(C(=O)NCC3CCCC3)cn2)c1. The van der Waals surface area contributed by atoms with Gasteiger partial charge in [0.2, 0.25) is 0 Å². The standard InChI is InChI=1S/C16H20N4O/c17-14-7-3-6-13(8-14)15-10-20(11-19-15)16(21)18-9-12-4-1-2-5-12/h3,6-8,10-12H,1-2,4-5,9,17H2,(H,18,21). The summed E-state index contributed by atoms with van der Waals surface area (Å²) in [7, 11) is 0. The number of nitrogens with two attached hydrogens (primary N) is 1. The number of anilines is 1. The normalized spacial score (nSPS) is 15.2. The first-order valence-electron chi connectivity index (χ1n) is 7.40. The Morgan fingerprint density at radius 3 is 2.95 bits per heavy atom. The van der Waals surface area contributed by atoms with Gasteiger partial charge in [-0.3, -0.25) is 4.57 Å². The number of carbonyl (C=O) groups excluding carboxylic acids is 1. The van der Waals surface area contributed by atoms with Gasteiger partial charge in [0.05, 0.1) is 5.69 Å². The zero-order valence-electron chi connectivity index (χ0n) is 12.0. The Kier molecular flexibility index (Phi) is 3.90. The largest absolute Gasteiger partial charge is 0.399 e. The maximum absolute atomic E-state index is 12.1. The second kappa shape index (κ2) is 5.99. The fourth-order valence-corrected chi connectivity index (χ4v) is 2.82. The van der Waals surface area contributed by atoms with Crippen molar-refractivity contribution in [3.8, 4) is 11.3 Å². The highest BCUT2D eigenvalue weighted by Crippen LogP contribution is 2.23. The molecule has 1 aromatic carbocycles. The summed E-state index contributed by atoms with van der Waals surface area (Å²) in [5.41, 5.74) is 8.12. The summed E-state index contributed by atoms with van der Waals surface area (Å²) in [4.78, 5) is 16.4. The fraction of sp³-hybridized carbons (Fsp3) is 0.375. The van der Waals surface area contributed by atoms with Gasteiger partial charge < -0.3 is 11.1 Å². The van der Waals surface area contributed by atoms with Crippen LogP contribution in [0.1, 0.15) is 25.7 Å². The number of amides is 1. The van der Waals surface area contributed by atoms with Crippen LogP contribution >= 0.6 is 0 Å². The minimum Gasteiger partial charge on any atom is -0.399 e. The van der Waals surface area contributed by atoms with Crippen molar-refractivity contribution in [1.29, 1.82) is 0 Å². The van der Waals surface area contributed by atoms with Crippen molar-refractivity contribution in [2.75, 3.05) is 12.3 Å². The lowest BCUT2D eigenvalue weighted by molar-refractivity contribution is 0.240. The molecule has 1 aromatic heterocycles. The first kappa shape index (κ1) is 13.7. The third-order valence-corrected chi connectivity index (χ3v) is 4.02. The molecule has 3 rings (SSSR count). The number of hydrogen-bond donors (Lipinski definition) is 2. The van der Waals surface area contributed by atoms with E-state index in [4.69, 9.17) is 5.73 Å². The van der Waals surface area contributed by atoms with Crippen LogP contribution in [0.2, 0.25) is 0 Å². The molecular weight excluding hydrogens is 264 g/mol. The van der Waals surface area contributed by atoms with Crippen molar-refractivity contribution in [2.24, 2.45) is 5.92 Å². The van der Waals surface area contributed by atoms with Gasteiger partial charge in [0, 0.05) is 24.0 Å². The summed E-state index contributed by atoms with van der Waals surface area (Å²) in [6.07, 6.45) is 8.29. The Morgan fingerprint density at radius 1 is 1.38 bits per heavy atom. The number of nitrogen functional groups attached to an aromatic ring is 1. The highest BCUT2D eigenvalue weighted by Gasteiger charge is 2.16. The van der Waals surface area contributed by atoms with E-state index < -0.39 is 0 Å². The van der Waals surface area contributed by atoms with Crippen molar-refractivity contribution in [3.63, 3.8) is 0 Å². The van der Waals surface area contributed by atoms with E-state index in [1.807, 2.05) is 24.3 Å². The molecule has 1 aliphatic carbocycles. The Hall–Kier alpha value is -2.30. The number of imidazole rings is 1. The third kappa shape index (κ3) is 3.24. The first-order chi connectivity index (χ1) is 10.2. The smallest absolute Gasteiger partial charge is 0.326 e. The number of benzene rings is 1. The number of aromatic nitrogens is 2. The molecule has 0 aliphatic heterocycles. The van der Waals surface area contributed by atoms with E-state index in [0.717, 1.165) is 17.8 Å². The predicted molar refractivity (Wildman–Crippen MR) is 82.8 cm³/mol. The van der Waals surface area contributed by atoms with Crippen molar-refractivity contribution in [1.82, 2.24) is 14.9 Å². The molecule has 1 saturated carbocycles. The summed E-state index contributed by atoms with van der Waals surface area (Å²) in [6, 6.07) is 7.37. The van der Waals surface area contributed by atoms with Gasteiger partial charge in [-0.05, 0) is 30.9 Å². The predicted octanol–water partition coefficient (Wildman–Crippen LogP) is 2.88. The summed E-state index contributed by atoms with van der Waals surface area (Å²) < 4.78 is 1.49. The monoisotopic (exact) mass is 284 g/mol. The Bertz CT molecular complexity index is 629. The van der Waals surface area contributed by atoms with Crippen molar-refractivity contribution >= 4 is 11.7 Å². The minimum absolute atomic E-state index is 0.121. The Labute approximate surface area is 124 Å². The molecule has 21 heavy (non-hydrogen) atoms. The maximum Gasteiger partial charge on any atom is 0.326 e. The van der Waals surface area contributed by atoms with E-state index in [0.29, 0.717) is 11.6 Å². The Morgan fingerprint density at radius 2 is 2.19 bits per heavy atom. The molecule has 0 atom stereocenters. The molecule has 5 heteroatoms. The van der Waals surface area contributed by atoms with E-state index in [9.17, 15) is 4.79 Å². The molecular formula is C16H20N4O. The van der Waals surface area contributed by atoms with Crippen LogP contribution in [0, 0.1) is 5.92 Å². The molecule has 2 aromatic rings. The van der Waals surface area contributed by atoms with E-state index >= 15 is 0 Å². The van der Waals surface area contributed by atoms with Gasteiger partial charge in [0.15, 0.2) is 0 Å². The van der Waals surface area contributed by atoms with E-state index in [1.165, 1.54) is 30.3 Å². The number of hydrogen-bond acceptors (Lipinski definition) is 3. The van der Waals surface area contributed by atoms with Gasteiger partial charge in [-0.15, -0.1) is 0 Å². The molecule has 1 aliphatic rings. The van der Waals surface area contributed by atoms with Crippen molar-refractivity contribution in [2.45, 2.75) is 25.7 Å². The van der Waals surface area contributed by atoms with Crippen LogP contribution in [0.3, 0.4) is 0 Å². The summed E-state index contributed by atoms with van der Waals surface area (Å²) in [5.74, 6) is 0.630. The zero-order valence-corrected chi connectivity index (χ0v) is 12.0. The highest BCUT2D eigenvalue weighted by molar-refractivity contribution is 5.78. The maximum atomic E-state index is 12.1. The molecule has 1 amide bonds. The molecule has 3 N–H and O–H groups in total. The van der Waals surface area contributed by atoms with Crippen LogP contribution in [-0.4, -0.2) is 22.1 Å². The molecule has 0 bridgehead atoms. The zero-order chi connectivity index (χ0) is 14.7. The second-order valence-corrected chi connectivity index (χ2v) is 5.63. The molecule has 1 heterocycles. The van der Waals surface area contributed by atoms with Crippen LogP contribution in [-0.2, 0) is 0 Å². The lowest BCUT2D eigenvalue weighted by Gasteiger charge is -2.10. The molecule has 110 valence electrons. The molecule has 0 spiro atoms. The van der Waals surface area contributed by atoms with Crippen LogP contribution in [0.25, 0.3) is 11.3 Å². The average molecular weight is 284 g/mol. The van der Waals surface area contributed by atoms with Crippen molar-refractivity contribution in [3.05, 3.63) is 36.8 Å². The van der Waals surface area contributed by atoms with Crippen LogP contribution < -0.4 is 11.1 Å². The quantitative estimate of drug-likeness (QED) is 0.851. The number of nitrogens with one attached hydrogen (secondary N) is 1. The van der Waals surface area contributed by atoms with E-state index in [1.54, 1.807) is 12.5 Å². The number of carbonyl (C=O) groups is 1. The van der Waals surface area contributed by atoms with Gasteiger partial charge in [-0.1, -0.05) is 25.0 Å². The number of nitrogens with zero attached hydrogens (tertiary/aromatic N) is 2. The molecule has 1 fully saturated rings. The third-order valence-electron chi connectivity index (χ3n) is 4.02. The van der Waals surface area contributed by atoms with Gasteiger partial charge in [-0.25, -0.2) is 9.78 Å². The van der Waals surface area contributed by atoms with Crippen LogP contribution in [0.5, 0.6) is 0 Å². The highest BCUT2D eigenvalue weighted by atomic mass is 16.2. The second-order valence-electron chi connectivity index (χ2n) is 5.63. The van der Waals surface area contributed by atoms with Gasteiger partial charge in [0.25, 0.3) is 0 Å². The summed E-state index contributed by atoms with van der Waals surface area (Å²) >= 11 is 0. The molecule has 5 nitrogen and oxygen atoms in total. The molecule has 0 saturated heterocycles. The topological polar surface area (TPSA) is 72.9 Å². The molecule has 0 unspecified atom stereocenters. The van der Waals surface area contributed by atoms with E-state index in [2.05, 4.69) is 10.3 Å². The fourth-order valence-electron chi connectivity index (χ4n) is 2.82. The van der Waals surface area contributed by atoms with E-state index in [-0.39, 0.29) is 6.03 Å².